The predicted molar refractivity (Wildman–Crippen MR) is 50.1 cm³/mol. The number of aliphatic carboxylic acids is 1. The molecule has 6 heteroatoms. The first kappa shape index (κ1) is 11.2. The smallest absolute Gasteiger partial charge is 0.327 e. The molecule has 0 aliphatic carbocycles. The van der Waals surface area contributed by atoms with Crippen molar-refractivity contribution in [3.63, 3.8) is 0 Å². The van der Waals surface area contributed by atoms with Crippen LogP contribution in [-0.2, 0) is 14.3 Å². The van der Waals surface area contributed by atoms with Gasteiger partial charge in [-0.1, -0.05) is 0 Å². The maximum Gasteiger partial charge on any atom is 0.327 e. The molecule has 1 aromatic rings. The van der Waals surface area contributed by atoms with Crippen LogP contribution in [0.15, 0.2) is 18.7 Å². The number of hydrogen-bond donors (Lipinski definition) is 1. The van der Waals surface area contributed by atoms with Crippen molar-refractivity contribution in [3.8, 4) is 0 Å². The van der Waals surface area contributed by atoms with Gasteiger partial charge in [-0.15, -0.1) is 0 Å². The van der Waals surface area contributed by atoms with Crippen LogP contribution in [0.4, 0.5) is 0 Å². The van der Waals surface area contributed by atoms with E-state index in [0.717, 1.165) is 0 Å². The van der Waals surface area contributed by atoms with E-state index >= 15 is 0 Å². The predicted octanol–water partition coefficient (Wildman–Crippen LogP) is 0.462. The molecule has 6 nitrogen and oxygen atoms in total. The molecule has 0 aliphatic heterocycles. The van der Waals surface area contributed by atoms with Crippen LogP contribution in [0.25, 0.3) is 0 Å². The van der Waals surface area contributed by atoms with Crippen molar-refractivity contribution in [2.45, 2.75) is 19.4 Å². The summed E-state index contributed by atoms with van der Waals surface area (Å²) in [6.07, 6.45) is 4.12. The summed E-state index contributed by atoms with van der Waals surface area (Å²) in [5.74, 6) is -1.61. The Bertz CT molecular complexity index is 334. The quantitative estimate of drug-likeness (QED) is 0.717. The molecule has 0 bridgehead atoms. The first-order chi connectivity index (χ1) is 7.15. The van der Waals surface area contributed by atoms with Gasteiger partial charge in [0.1, 0.15) is 6.04 Å². The van der Waals surface area contributed by atoms with Gasteiger partial charge in [-0.25, -0.2) is 9.78 Å². The summed E-state index contributed by atoms with van der Waals surface area (Å²) in [7, 11) is 0. The lowest BCUT2D eigenvalue weighted by atomic mass is 10.2. The molecule has 0 saturated carbocycles. The molecule has 0 fully saturated rings. The van der Waals surface area contributed by atoms with E-state index in [1.54, 1.807) is 6.92 Å². The Labute approximate surface area is 86.5 Å². The second-order valence-electron chi connectivity index (χ2n) is 2.87. The summed E-state index contributed by atoms with van der Waals surface area (Å²) in [4.78, 5) is 25.7. The summed E-state index contributed by atoms with van der Waals surface area (Å²) in [5.41, 5.74) is 0. The number of aromatic nitrogens is 2. The zero-order chi connectivity index (χ0) is 11.3. The average molecular weight is 212 g/mol. The molecule has 1 unspecified atom stereocenters. The summed E-state index contributed by atoms with van der Waals surface area (Å²) >= 11 is 0. The first-order valence-electron chi connectivity index (χ1n) is 4.51. The number of carboxylic acids is 1. The maximum atomic E-state index is 11.1. The summed E-state index contributed by atoms with van der Waals surface area (Å²) in [6, 6.07) is -0.952. The Balaban J connectivity index is 2.68. The van der Waals surface area contributed by atoms with E-state index in [9.17, 15) is 9.59 Å². The van der Waals surface area contributed by atoms with Crippen molar-refractivity contribution in [2.24, 2.45) is 0 Å². The fourth-order valence-electron chi connectivity index (χ4n) is 1.15. The van der Waals surface area contributed by atoms with Gasteiger partial charge in [0.15, 0.2) is 0 Å². The van der Waals surface area contributed by atoms with Crippen LogP contribution in [0, 0.1) is 0 Å². The van der Waals surface area contributed by atoms with E-state index < -0.39 is 18.0 Å². The Morgan fingerprint density at radius 3 is 2.80 bits per heavy atom. The summed E-state index contributed by atoms with van der Waals surface area (Å²) < 4.78 is 6.04. The molecule has 1 N–H and O–H groups in total. The maximum absolute atomic E-state index is 11.1. The molecule has 0 aromatic carbocycles. The zero-order valence-corrected chi connectivity index (χ0v) is 8.29. The monoisotopic (exact) mass is 212 g/mol. The number of nitrogens with zero attached hydrogens (tertiary/aromatic N) is 2. The fraction of sp³-hybridized carbons (Fsp3) is 0.444. The number of ether oxygens (including phenoxy) is 1. The minimum atomic E-state index is -1.08. The van der Waals surface area contributed by atoms with Gasteiger partial charge in [-0.3, -0.25) is 4.79 Å². The molecule has 1 atom stereocenters. The number of hydrogen-bond acceptors (Lipinski definition) is 4. The van der Waals surface area contributed by atoms with Gasteiger partial charge in [0, 0.05) is 12.4 Å². The Morgan fingerprint density at radius 2 is 2.33 bits per heavy atom. The van der Waals surface area contributed by atoms with Crippen LogP contribution in [0.3, 0.4) is 0 Å². The van der Waals surface area contributed by atoms with E-state index in [0.29, 0.717) is 0 Å². The third-order valence-corrected chi connectivity index (χ3v) is 1.84. The van der Waals surface area contributed by atoms with Crippen LogP contribution in [0.5, 0.6) is 0 Å². The van der Waals surface area contributed by atoms with Crippen molar-refractivity contribution < 1.29 is 19.4 Å². The van der Waals surface area contributed by atoms with E-state index in [-0.39, 0.29) is 13.0 Å². The molecule has 0 saturated heterocycles. The van der Waals surface area contributed by atoms with E-state index in [1.165, 1.54) is 23.3 Å². The van der Waals surface area contributed by atoms with Gasteiger partial charge in [0.2, 0.25) is 0 Å². The SMILES string of the molecule is CCOC(=O)CC(C(=O)O)n1ccnc1. The molecule has 1 rings (SSSR count). The van der Waals surface area contributed by atoms with Crippen LogP contribution >= 0.6 is 0 Å². The minimum absolute atomic E-state index is 0.195. The molecule has 15 heavy (non-hydrogen) atoms. The lowest BCUT2D eigenvalue weighted by Gasteiger charge is -2.12. The molecule has 1 heterocycles. The molecule has 82 valence electrons. The number of carbonyl (C=O) groups is 2. The van der Waals surface area contributed by atoms with Crippen LogP contribution < -0.4 is 0 Å². The highest BCUT2D eigenvalue weighted by atomic mass is 16.5. The van der Waals surface area contributed by atoms with Crippen LogP contribution in [-0.4, -0.2) is 33.2 Å². The van der Waals surface area contributed by atoms with Gasteiger partial charge >= 0.3 is 11.9 Å². The molecule has 0 spiro atoms. The Morgan fingerprint density at radius 1 is 1.60 bits per heavy atom. The Hall–Kier alpha value is -1.85. The number of rotatable bonds is 5. The second-order valence-corrected chi connectivity index (χ2v) is 2.87. The lowest BCUT2D eigenvalue weighted by molar-refractivity contribution is -0.150. The highest BCUT2D eigenvalue weighted by molar-refractivity contribution is 5.80. The van der Waals surface area contributed by atoms with Gasteiger partial charge in [-0.05, 0) is 6.92 Å². The van der Waals surface area contributed by atoms with Crippen molar-refractivity contribution in [1.82, 2.24) is 9.55 Å². The topological polar surface area (TPSA) is 81.4 Å². The Kier molecular flexibility index (Phi) is 3.84. The minimum Gasteiger partial charge on any atom is -0.480 e. The molecule has 0 amide bonds. The van der Waals surface area contributed by atoms with Crippen molar-refractivity contribution in [3.05, 3.63) is 18.7 Å². The van der Waals surface area contributed by atoms with E-state index in [4.69, 9.17) is 5.11 Å². The average Bonchev–Trinajstić information content (AvgIpc) is 2.66. The van der Waals surface area contributed by atoms with Crippen molar-refractivity contribution in [2.75, 3.05) is 6.61 Å². The first-order valence-corrected chi connectivity index (χ1v) is 4.51. The summed E-state index contributed by atoms with van der Waals surface area (Å²) in [6.45, 7) is 1.92. The number of esters is 1. The van der Waals surface area contributed by atoms with Gasteiger partial charge in [-0.2, -0.15) is 0 Å². The number of carbonyl (C=O) groups excluding carboxylic acids is 1. The zero-order valence-electron chi connectivity index (χ0n) is 8.29. The normalized spacial score (nSPS) is 12.1. The van der Waals surface area contributed by atoms with Gasteiger partial charge in [0.05, 0.1) is 19.4 Å². The number of carboxylic acid groups (broad SMARTS) is 1. The molecular weight excluding hydrogens is 200 g/mol. The van der Waals surface area contributed by atoms with Crippen molar-refractivity contribution >= 4 is 11.9 Å². The molecule has 0 aliphatic rings. The lowest BCUT2D eigenvalue weighted by Crippen LogP contribution is -2.22. The second kappa shape index (κ2) is 5.14. The highest BCUT2D eigenvalue weighted by Gasteiger charge is 2.23. The molecular formula is C9H12N2O4. The molecule has 0 radical (unpaired) electrons. The summed E-state index contributed by atoms with van der Waals surface area (Å²) in [5, 5.41) is 8.91. The standard InChI is InChI=1S/C9H12N2O4/c1-2-15-8(12)5-7(9(13)14)11-4-3-10-6-11/h3-4,6-7H,2,5H2,1H3,(H,13,14). The highest BCUT2D eigenvalue weighted by Crippen LogP contribution is 2.12. The van der Waals surface area contributed by atoms with E-state index in [2.05, 4.69) is 9.72 Å². The van der Waals surface area contributed by atoms with E-state index in [1.807, 2.05) is 0 Å². The largest absolute Gasteiger partial charge is 0.480 e. The fourth-order valence-corrected chi connectivity index (χ4v) is 1.15. The molecule has 1 aromatic heterocycles. The van der Waals surface area contributed by atoms with Gasteiger partial charge in [0.25, 0.3) is 0 Å². The third-order valence-electron chi connectivity index (χ3n) is 1.84. The third kappa shape index (κ3) is 3.08. The van der Waals surface area contributed by atoms with Gasteiger partial charge < -0.3 is 14.4 Å². The van der Waals surface area contributed by atoms with Crippen molar-refractivity contribution in [1.29, 1.82) is 0 Å². The van der Waals surface area contributed by atoms with Crippen LogP contribution in [0.1, 0.15) is 19.4 Å². The van der Waals surface area contributed by atoms with Crippen LogP contribution in [0.2, 0.25) is 0 Å². The number of imidazole rings is 1.